The summed E-state index contributed by atoms with van der Waals surface area (Å²) in [5, 5.41) is 8.97. The molecule has 11 heteroatoms. The Kier molecular flexibility index (Phi) is 5.31. The number of nitrogens with two attached hydrogens (primary N) is 2. The molecule has 0 aliphatic carbocycles. The highest BCUT2D eigenvalue weighted by atomic mass is 19.1. The van der Waals surface area contributed by atoms with Gasteiger partial charge < -0.3 is 21.7 Å². The number of aryl methyl sites for hydroxylation is 1. The molecule has 10 nitrogen and oxygen atoms in total. The van der Waals surface area contributed by atoms with Gasteiger partial charge in [-0.05, 0) is 42.1 Å². The van der Waals surface area contributed by atoms with Gasteiger partial charge in [0.05, 0.1) is 5.69 Å². The number of carbonyl (C=O) groups excluding carboxylic acids is 2. The zero-order valence-corrected chi connectivity index (χ0v) is 19.2. The summed E-state index contributed by atoms with van der Waals surface area (Å²) in [5.74, 6) is -0.0475. The minimum absolute atomic E-state index is 0.00382. The van der Waals surface area contributed by atoms with Crippen LogP contribution >= 0.6 is 0 Å². The van der Waals surface area contributed by atoms with Crippen molar-refractivity contribution in [3.8, 4) is 11.3 Å². The molecule has 2 amide bonds. The zero-order chi connectivity index (χ0) is 24.9. The van der Waals surface area contributed by atoms with E-state index in [2.05, 4.69) is 20.4 Å². The SMILES string of the molecule is Cc1cc(C(N)=O)cc(F)c1-c1cc2cc(Nc3cc4n(n3)CC(=O)N(C)CC4)ncc2c(N)n1. The number of likely N-dealkylation sites (N-methyl/N-ethyl adjacent to an activating group) is 1. The van der Waals surface area contributed by atoms with E-state index in [-0.39, 0.29) is 29.4 Å². The Bertz CT molecular complexity index is 1490. The monoisotopic (exact) mass is 474 g/mol. The lowest BCUT2D eigenvalue weighted by molar-refractivity contribution is -0.130. The Morgan fingerprint density at radius 2 is 1.97 bits per heavy atom. The largest absolute Gasteiger partial charge is 0.383 e. The molecule has 0 unspecified atom stereocenters. The minimum atomic E-state index is -0.709. The van der Waals surface area contributed by atoms with Crippen LogP contribution in [-0.2, 0) is 17.8 Å². The molecule has 3 aromatic heterocycles. The fourth-order valence-electron chi connectivity index (χ4n) is 4.22. The van der Waals surface area contributed by atoms with E-state index >= 15 is 0 Å². The van der Waals surface area contributed by atoms with E-state index in [0.717, 1.165) is 11.8 Å². The second kappa shape index (κ2) is 8.35. The molecule has 4 aromatic rings. The van der Waals surface area contributed by atoms with E-state index in [4.69, 9.17) is 11.5 Å². The molecule has 1 aromatic carbocycles. The molecule has 0 fully saturated rings. The minimum Gasteiger partial charge on any atom is -0.383 e. The molecule has 178 valence electrons. The van der Waals surface area contributed by atoms with Gasteiger partial charge in [0.15, 0.2) is 5.82 Å². The van der Waals surface area contributed by atoms with Crippen LogP contribution in [-0.4, -0.2) is 50.1 Å². The third-order valence-corrected chi connectivity index (χ3v) is 6.11. The van der Waals surface area contributed by atoms with E-state index in [9.17, 15) is 14.0 Å². The third-order valence-electron chi connectivity index (χ3n) is 6.11. The van der Waals surface area contributed by atoms with Gasteiger partial charge in [0, 0.05) is 54.5 Å². The number of anilines is 3. The lowest BCUT2D eigenvalue weighted by Gasteiger charge is -2.12. The van der Waals surface area contributed by atoms with Gasteiger partial charge >= 0.3 is 0 Å². The molecule has 0 atom stereocenters. The lowest BCUT2D eigenvalue weighted by Crippen LogP contribution is -2.29. The summed E-state index contributed by atoms with van der Waals surface area (Å²) >= 11 is 0. The van der Waals surface area contributed by atoms with E-state index in [1.165, 1.54) is 6.07 Å². The van der Waals surface area contributed by atoms with Gasteiger partial charge in [0.2, 0.25) is 11.8 Å². The lowest BCUT2D eigenvalue weighted by atomic mass is 9.99. The summed E-state index contributed by atoms with van der Waals surface area (Å²) < 4.78 is 16.6. The number of primary amides is 1. The van der Waals surface area contributed by atoms with Crippen LogP contribution in [0.3, 0.4) is 0 Å². The molecule has 0 radical (unpaired) electrons. The first-order valence-electron chi connectivity index (χ1n) is 10.9. The first-order chi connectivity index (χ1) is 16.7. The number of nitrogens with one attached hydrogen (secondary N) is 1. The maximum atomic E-state index is 14.9. The third kappa shape index (κ3) is 4.12. The number of amides is 2. The molecule has 1 aliphatic rings. The summed E-state index contributed by atoms with van der Waals surface area (Å²) in [4.78, 5) is 34.0. The smallest absolute Gasteiger partial charge is 0.248 e. The first-order valence-corrected chi connectivity index (χ1v) is 10.9. The Hall–Kier alpha value is -4.54. The van der Waals surface area contributed by atoms with Crippen LogP contribution in [0.2, 0.25) is 0 Å². The zero-order valence-electron chi connectivity index (χ0n) is 19.2. The molecular formula is C24H23FN8O2. The number of aromatic nitrogens is 4. The second-order valence-corrected chi connectivity index (χ2v) is 8.57. The van der Waals surface area contributed by atoms with Gasteiger partial charge in [-0.15, -0.1) is 0 Å². The maximum Gasteiger partial charge on any atom is 0.248 e. The fourth-order valence-corrected chi connectivity index (χ4v) is 4.22. The van der Waals surface area contributed by atoms with Crippen molar-refractivity contribution in [1.82, 2.24) is 24.6 Å². The van der Waals surface area contributed by atoms with Crippen molar-refractivity contribution in [2.75, 3.05) is 24.6 Å². The van der Waals surface area contributed by atoms with Gasteiger partial charge in [-0.3, -0.25) is 14.3 Å². The standard InChI is InChI=1S/C24H23FN8O2/c1-12-5-14(24(27)35)6-17(25)22(12)18-7-13-8-19(28-10-16(13)23(26)29-18)30-20-9-15-3-4-32(2)21(34)11-33(15)31-20/h5-10H,3-4,11H2,1-2H3,(H2,26,29)(H2,27,35)(H,28,30,31). The van der Waals surface area contributed by atoms with E-state index in [1.807, 2.05) is 6.07 Å². The predicted octanol–water partition coefficient (Wildman–Crippen LogP) is 2.38. The molecule has 35 heavy (non-hydrogen) atoms. The van der Waals surface area contributed by atoms with Crippen molar-refractivity contribution in [2.45, 2.75) is 19.9 Å². The second-order valence-electron chi connectivity index (χ2n) is 8.57. The van der Waals surface area contributed by atoms with Gasteiger partial charge in [0.1, 0.15) is 24.0 Å². The Balaban J connectivity index is 1.50. The van der Waals surface area contributed by atoms with Crippen molar-refractivity contribution in [3.05, 3.63) is 59.2 Å². The number of rotatable bonds is 4. The van der Waals surface area contributed by atoms with Gasteiger partial charge in [-0.1, -0.05) is 0 Å². The topological polar surface area (TPSA) is 145 Å². The molecule has 5 N–H and O–H groups in total. The highest BCUT2D eigenvalue weighted by Gasteiger charge is 2.20. The van der Waals surface area contributed by atoms with Gasteiger partial charge in [-0.2, -0.15) is 5.10 Å². The summed E-state index contributed by atoms with van der Waals surface area (Å²) in [5.41, 5.74) is 13.6. The summed E-state index contributed by atoms with van der Waals surface area (Å²) in [6, 6.07) is 7.99. The van der Waals surface area contributed by atoms with E-state index in [0.29, 0.717) is 46.6 Å². The number of hydrogen-bond donors (Lipinski definition) is 3. The van der Waals surface area contributed by atoms with Crippen LogP contribution in [0, 0.1) is 12.7 Å². The quantitative estimate of drug-likeness (QED) is 0.412. The molecule has 0 bridgehead atoms. The van der Waals surface area contributed by atoms with Crippen LogP contribution in [0.5, 0.6) is 0 Å². The molecule has 1 aliphatic heterocycles. The van der Waals surface area contributed by atoms with Crippen LogP contribution < -0.4 is 16.8 Å². The van der Waals surface area contributed by atoms with Crippen molar-refractivity contribution in [3.63, 3.8) is 0 Å². The molecule has 5 rings (SSSR count). The van der Waals surface area contributed by atoms with E-state index in [1.54, 1.807) is 41.9 Å². The van der Waals surface area contributed by atoms with Crippen molar-refractivity contribution in [2.24, 2.45) is 5.73 Å². The number of benzene rings is 1. The highest BCUT2D eigenvalue weighted by Crippen LogP contribution is 2.32. The van der Waals surface area contributed by atoms with Crippen molar-refractivity contribution < 1.29 is 14.0 Å². The molecule has 0 saturated carbocycles. The van der Waals surface area contributed by atoms with Crippen LogP contribution in [0.25, 0.3) is 22.0 Å². The van der Waals surface area contributed by atoms with Crippen molar-refractivity contribution >= 4 is 40.0 Å². The number of nitrogens with zero attached hydrogens (tertiary/aromatic N) is 5. The molecule has 4 heterocycles. The summed E-state index contributed by atoms with van der Waals surface area (Å²) in [6.07, 6.45) is 2.29. The number of fused-ring (bicyclic) bond motifs is 2. The van der Waals surface area contributed by atoms with Crippen LogP contribution in [0.15, 0.2) is 36.5 Å². The Morgan fingerprint density at radius 1 is 1.17 bits per heavy atom. The van der Waals surface area contributed by atoms with E-state index < -0.39 is 11.7 Å². The summed E-state index contributed by atoms with van der Waals surface area (Å²) in [6.45, 7) is 2.49. The number of carbonyl (C=O) groups is 2. The van der Waals surface area contributed by atoms with Crippen LogP contribution in [0.4, 0.5) is 21.8 Å². The fraction of sp³-hybridized carbons (Fsp3) is 0.208. The Labute approximate surface area is 199 Å². The number of nitrogen functional groups attached to an aromatic ring is 1. The highest BCUT2D eigenvalue weighted by molar-refractivity contribution is 5.96. The van der Waals surface area contributed by atoms with Gasteiger partial charge in [0.25, 0.3) is 0 Å². The first kappa shape index (κ1) is 22.3. The summed E-state index contributed by atoms with van der Waals surface area (Å²) in [7, 11) is 1.78. The number of hydrogen-bond acceptors (Lipinski definition) is 7. The van der Waals surface area contributed by atoms with Crippen molar-refractivity contribution in [1.29, 1.82) is 0 Å². The van der Waals surface area contributed by atoms with Gasteiger partial charge in [-0.25, -0.2) is 14.4 Å². The molecule has 0 saturated heterocycles. The van der Waals surface area contributed by atoms with Crippen LogP contribution in [0.1, 0.15) is 21.6 Å². The Morgan fingerprint density at radius 3 is 2.71 bits per heavy atom. The average Bonchev–Trinajstić information content (AvgIpc) is 3.11. The molecule has 0 spiro atoms. The number of pyridine rings is 2. The number of halogens is 1. The predicted molar refractivity (Wildman–Crippen MR) is 129 cm³/mol. The maximum absolute atomic E-state index is 14.9. The molecular weight excluding hydrogens is 451 g/mol. The normalized spacial score (nSPS) is 13.6. The average molecular weight is 475 g/mol.